The first-order valence-corrected chi connectivity index (χ1v) is 9.62. The second-order valence-corrected chi connectivity index (χ2v) is 6.76. The van der Waals surface area contributed by atoms with Gasteiger partial charge in [0.25, 0.3) is 0 Å². The molecule has 0 aromatic carbocycles. The lowest BCUT2D eigenvalue weighted by Crippen LogP contribution is -2.53. The Hall–Kier alpha value is -1.27. The molecule has 2 heterocycles. The fraction of sp³-hybridized carbons (Fsp3) is 0.706. The highest BCUT2D eigenvalue weighted by atomic mass is 32.1. The van der Waals surface area contributed by atoms with Crippen molar-refractivity contribution in [3.63, 3.8) is 0 Å². The van der Waals surface area contributed by atoms with Crippen molar-refractivity contribution in [1.82, 2.24) is 15.1 Å². The summed E-state index contributed by atoms with van der Waals surface area (Å²) in [4.78, 5) is 11.8. The maximum Gasteiger partial charge on any atom is 0.193 e. The van der Waals surface area contributed by atoms with Crippen molar-refractivity contribution >= 4 is 22.3 Å². The molecule has 0 amide bonds. The predicted octanol–water partition coefficient (Wildman–Crippen LogP) is 2.18. The second kappa shape index (κ2) is 9.78. The van der Waals surface area contributed by atoms with Gasteiger partial charge in [-0.05, 0) is 37.0 Å². The monoisotopic (exact) mass is 337 g/mol. The van der Waals surface area contributed by atoms with E-state index < -0.39 is 0 Å². The summed E-state index contributed by atoms with van der Waals surface area (Å²) in [5, 5.41) is 7.06. The largest absolute Gasteiger partial charge is 0.360 e. The average molecular weight is 338 g/mol. The van der Waals surface area contributed by atoms with Crippen LogP contribution in [0.5, 0.6) is 0 Å². The number of nitrogens with one attached hydrogen (secondary N) is 1. The zero-order valence-corrected chi connectivity index (χ0v) is 15.6. The van der Waals surface area contributed by atoms with Crippen LogP contribution in [-0.4, -0.2) is 75.2 Å². The highest BCUT2D eigenvalue weighted by Crippen LogP contribution is 2.22. The average Bonchev–Trinajstić information content (AvgIpc) is 3.12. The number of thiophene rings is 1. The van der Waals surface area contributed by atoms with Crippen LogP contribution in [0.2, 0.25) is 0 Å². The first kappa shape index (κ1) is 18.1. The second-order valence-electron chi connectivity index (χ2n) is 5.83. The van der Waals surface area contributed by atoms with Crippen molar-refractivity contribution in [3.05, 3.63) is 17.5 Å². The van der Waals surface area contributed by atoms with Gasteiger partial charge in [0.1, 0.15) is 0 Å². The van der Waals surface area contributed by atoms with E-state index >= 15 is 0 Å². The first-order valence-electron chi connectivity index (χ1n) is 8.74. The topological polar surface area (TPSA) is 34.1 Å². The minimum atomic E-state index is 0.964. The Bertz CT molecular complexity index is 452. The summed E-state index contributed by atoms with van der Waals surface area (Å²) in [5.74, 6) is 1.04. The van der Waals surface area contributed by atoms with Crippen molar-refractivity contribution < 1.29 is 0 Å². The van der Waals surface area contributed by atoms with Crippen LogP contribution >= 0.6 is 11.3 Å². The molecule has 23 heavy (non-hydrogen) atoms. The van der Waals surface area contributed by atoms with Crippen LogP contribution in [0.15, 0.2) is 22.5 Å². The SMILES string of the molecule is CCCN(CC)CCNC(=NC)N1CCN(c2cccs2)CC1. The summed E-state index contributed by atoms with van der Waals surface area (Å²) in [6.07, 6.45) is 1.22. The zero-order valence-electron chi connectivity index (χ0n) is 14.8. The summed E-state index contributed by atoms with van der Waals surface area (Å²) in [6.45, 7) is 13.0. The summed E-state index contributed by atoms with van der Waals surface area (Å²) >= 11 is 1.83. The molecule has 1 fully saturated rings. The van der Waals surface area contributed by atoms with Gasteiger partial charge in [0.05, 0.1) is 5.00 Å². The molecule has 2 rings (SSSR count). The van der Waals surface area contributed by atoms with E-state index in [4.69, 9.17) is 0 Å². The van der Waals surface area contributed by atoms with Crippen LogP contribution < -0.4 is 10.2 Å². The number of anilines is 1. The smallest absolute Gasteiger partial charge is 0.193 e. The molecule has 1 N–H and O–H groups in total. The molecule has 1 aromatic rings. The quantitative estimate of drug-likeness (QED) is 0.611. The van der Waals surface area contributed by atoms with Crippen LogP contribution in [0.4, 0.5) is 5.00 Å². The van der Waals surface area contributed by atoms with Crippen LogP contribution in [-0.2, 0) is 0 Å². The molecule has 130 valence electrons. The van der Waals surface area contributed by atoms with Crippen molar-refractivity contribution in [1.29, 1.82) is 0 Å². The highest BCUT2D eigenvalue weighted by molar-refractivity contribution is 7.14. The lowest BCUT2D eigenvalue weighted by molar-refractivity contribution is 0.290. The molecule has 0 aliphatic carbocycles. The molecular formula is C17H31N5S. The summed E-state index contributed by atoms with van der Waals surface area (Å²) in [5.41, 5.74) is 0. The van der Waals surface area contributed by atoms with E-state index in [9.17, 15) is 0 Å². The number of hydrogen-bond acceptors (Lipinski definition) is 4. The van der Waals surface area contributed by atoms with Crippen molar-refractivity contribution in [2.75, 3.05) is 64.3 Å². The van der Waals surface area contributed by atoms with Crippen LogP contribution in [0.25, 0.3) is 0 Å². The molecule has 0 radical (unpaired) electrons. The minimum Gasteiger partial charge on any atom is -0.360 e. The van der Waals surface area contributed by atoms with E-state index in [1.54, 1.807) is 0 Å². The molecule has 0 saturated carbocycles. The normalized spacial score (nSPS) is 16.3. The van der Waals surface area contributed by atoms with E-state index in [1.807, 2.05) is 18.4 Å². The van der Waals surface area contributed by atoms with E-state index in [2.05, 4.69) is 56.4 Å². The summed E-state index contributed by atoms with van der Waals surface area (Å²) in [6, 6.07) is 4.34. The first-order chi connectivity index (χ1) is 11.3. The molecule has 1 saturated heterocycles. The highest BCUT2D eigenvalue weighted by Gasteiger charge is 2.20. The minimum absolute atomic E-state index is 0.964. The van der Waals surface area contributed by atoms with Gasteiger partial charge in [0, 0.05) is 46.3 Å². The predicted molar refractivity (Wildman–Crippen MR) is 102 cm³/mol. The lowest BCUT2D eigenvalue weighted by atomic mass is 10.3. The Kier molecular flexibility index (Phi) is 7.68. The van der Waals surface area contributed by atoms with Gasteiger partial charge in [-0.2, -0.15) is 0 Å². The fourth-order valence-corrected chi connectivity index (χ4v) is 3.78. The molecule has 0 atom stereocenters. The molecule has 1 aromatic heterocycles. The zero-order chi connectivity index (χ0) is 16.5. The summed E-state index contributed by atoms with van der Waals surface area (Å²) in [7, 11) is 1.89. The molecular weight excluding hydrogens is 306 g/mol. The van der Waals surface area contributed by atoms with E-state index in [-0.39, 0.29) is 0 Å². The Labute approximate surface area is 145 Å². The number of hydrogen-bond donors (Lipinski definition) is 1. The fourth-order valence-electron chi connectivity index (χ4n) is 2.99. The van der Waals surface area contributed by atoms with Gasteiger partial charge in [-0.25, -0.2) is 0 Å². The molecule has 0 bridgehead atoms. The number of guanidine groups is 1. The van der Waals surface area contributed by atoms with E-state index in [0.717, 1.165) is 51.8 Å². The Morgan fingerprint density at radius 2 is 2.04 bits per heavy atom. The van der Waals surface area contributed by atoms with E-state index in [0.29, 0.717) is 0 Å². The van der Waals surface area contributed by atoms with Gasteiger partial charge in [0.15, 0.2) is 5.96 Å². The molecule has 5 nitrogen and oxygen atoms in total. The van der Waals surface area contributed by atoms with Gasteiger partial charge in [-0.1, -0.05) is 13.8 Å². The van der Waals surface area contributed by atoms with Gasteiger partial charge < -0.3 is 20.0 Å². The number of likely N-dealkylation sites (N-methyl/N-ethyl adjacent to an activating group) is 1. The third-order valence-corrected chi connectivity index (χ3v) is 5.24. The van der Waals surface area contributed by atoms with Crippen molar-refractivity contribution in [2.24, 2.45) is 4.99 Å². The Morgan fingerprint density at radius 1 is 1.26 bits per heavy atom. The molecule has 1 aliphatic heterocycles. The van der Waals surface area contributed by atoms with Gasteiger partial charge in [-0.3, -0.25) is 4.99 Å². The lowest BCUT2D eigenvalue weighted by Gasteiger charge is -2.37. The number of nitrogens with zero attached hydrogens (tertiary/aromatic N) is 4. The standard InChI is InChI=1S/C17H31N5S/c1-4-9-20(5-2)10-8-19-17(18-3)22-13-11-21(12-14-22)16-7-6-15-23-16/h6-7,15H,4-5,8-14H2,1-3H3,(H,18,19). The van der Waals surface area contributed by atoms with Gasteiger partial charge in [-0.15, -0.1) is 11.3 Å². The van der Waals surface area contributed by atoms with Crippen LogP contribution in [0.1, 0.15) is 20.3 Å². The Morgan fingerprint density at radius 3 is 2.61 bits per heavy atom. The van der Waals surface area contributed by atoms with Crippen LogP contribution in [0, 0.1) is 0 Å². The van der Waals surface area contributed by atoms with Gasteiger partial charge >= 0.3 is 0 Å². The molecule has 1 aliphatic rings. The third-order valence-electron chi connectivity index (χ3n) is 4.31. The number of aliphatic imine (C=N–C) groups is 1. The maximum absolute atomic E-state index is 4.47. The van der Waals surface area contributed by atoms with Crippen molar-refractivity contribution in [3.8, 4) is 0 Å². The Balaban J connectivity index is 1.74. The van der Waals surface area contributed by atoms with Gasteiger partial charge in [0.2, 0.25) is 0 Å². The summed E-state index contributed by atoms with van der Waals surface area (Å²) < 4.78 is 0. The van der Waals surface area contributed by atoms with E-state index in [1.165, 1.54) is 18.0 Å². The van der Waals surface area contributed by atoms with Crippen molar-refractivity contribution in [2.45, 2.75) is 20.3 Å². The molecule has 0 unspecified atom stereocenters. The van der Waals surface area contributed by atoms with Crippen LogP contribution in [0.3, 0.4) is 0 Å². The molecule has 0 spiro atoms. The number of piperazine rings is 1. The number of rotatable bonds is 7. The molecule has 6 heteroatoms. The maximum atomic E-state index is 4.47. The third kappa shape index (κ3) is 5.39.